The predicted octanol–water partition coefficient (Wildman–Crippen LogP) is 0.162. The fraction of sp³-hybridized carbons (Fsp3) is 0.500. The van der Waals surface area contributed by atoms with E-state index in [0.29, 0.717) is 0 Å². The molecule has 0 aliphatic carbocycles. The van der Waals surface area contributed by atoms with E-state index in [1.165, 1.54) is 13.8 Å². The normalized spacial score (nSPS) is 8.86. The van der Waals surface area contributed by atoms with E-state index in [1.807, 2.05) is 0 Å². The minimum atomic E-state index is -0.781. The Balaban J connectivity index is 3.32. The molecule has 7 heavy (non-hydrogen) atoms. The van der Waals surface area contributed by atoms with Crippen molar-refractivity contribution in [3.8, 4) is 0 Å². The number of carbonyl (C=O) groups is 2. The van der Waals surface area contributed by atoms with Gasteiger partial charge in [0, 0.05) is 0 Å². The first-order chi connectivity index (χ1) is 3.13. The van der Waals surface area contributed by atoms with Gasteiger partial charge in [0.05, 0.1) is 0 Å². The van der Waals surface area contributed by atoms with Gasteiger partial charge in [0.25, 0.3) is 0 Å². The van der Waals surface area contributed by atoms with Crippen LogP contribution in [0.2, 0.25) is 0 Å². The molecule has 0 saturated carbocycles. The molecular formula is C4H6O2Pt. The van der Waals surface area contributed by atoms with Crippen LogP contribution in [-0.2, 0) is 28.2 Å². The molecule has 0 heterocycles. The third kappa shape index (κ3) is 6.03. The number of hydrogen-bond acceptors (Lipinski definition) is 2. The van der Waals surface area contributed by atoms with E-state index in [0.717, 1.165) is 0 Å². The zero-order chi connectivity index (χ0) is 5.86. The van der Waals surface area contributed by atoms with Crippen LogP contribution in [0.15, 0.2) is 0 Å². The zero-order valence-corrected chi connectivity index (χ0v) is 6.40. The topological polar surface area (TPSA) is 34.1 Å². The van der Waals surface area contributed by atoms with Crippen LogP contribution >= 0.6 is 0 Å². The van der Waals surface area contributed by atoms with Gasteiger partial charge in [-0.05, 0) is 0 Å². The zero-order valence-electron chi connectivity index (χ0n) is 4.13. The van der Waals surface area contributed by atoms with Gasteiger partial charge in [-0.3, -0.25) is 0 Å². The van der Waals surface area contributed by atoms with Crippen LogP contribution < -0.4 is 0 Å². The van der Waals surface area contributed by atoms with E-state index in [2.05, 4.69) is 0 Å². The second-order valence-corrected chi connectivity index (χ2v) is 4.70. The van der Waals surface area contributed by atoms with Gasteiger partial charge in [0.2, 0.25) is 0 Å². The Kier molecular flexibility index (Phi) is 3.10. The molecule has 0 saturated heterocycles. The van der Waals surface area contributed by atoms with E-state index >= 15 is 0 Å². The molecule has 0 spiro atoms. The third-order valence-electron chi connectivity index (χ3n) is 0.223. The summed E-state index contributed by atoms with van der Waals surface area (Å²) in [5, 5.41) is 0. The van der Waals surface area contributed by atoms with E-state index in [9.17, 15) is 9.59 Å². The van der Waals surface area contributed by atoms with Crippen LogP contribution in [0.3, 0.4) is 0 Å². The molecule has 3 heteroatoms. The first-order valence-corrected chi connectivity index (χ1v) is 4.00. The maximum absolute atomic E-state index is 10.1. The molecule has 0 rings (SSSR count). The second kappa shape index (κ2) is 3.09. The molecule has 0 atom stereocenters. The van der Waals surface area contributed by atoms with Crippen LogP contribution in [0.5, 0.6) is 0 Å². The van der Waals surface area contributed by atoms with E-state index in [4.69, 9.17) is 0 Å². The van der Waals surface area contributed by atoms with E-state index < -0.39 is 18.6 Å². The molecule has 0 radical (unpaired) electrons. The molecule has 0 aliphatic rings. The van der Waals surface area contributed by atoms with Crippen molar-refractivity contribution in [2.24, 2.45) is 0 Å². The SMILES string of the molecule is C[C](=O)[Pt][C](C)=O. The van der Waals surface area contributed by atoms with Gasteiger partial charge >= 0.3 is 50.3 Å². The van der Waals surface area contributed by atoms with E-state index in [1.54, 1.807) is 0 Å². The standard InChI is InChI=1S/2C2H3O.Pt/c2*1-2-3;/h2*1H3;. The summed E-state index contributed by atoms with van der Waals surface area (Å²) >= 11 is -0.781. The second-order valence-electron chi connectivity index (χ2n) is 0.933. The third-order valence-corrected chi connectivity index (χ3v) is 1.82. The van der Waals surface area contributed by atoms with Crippen LogP contribution in [0, 0.1) is 0 Å². The first-order valence-electron chi connectivity index (χ1n) is 1.72. The number of rotatable bonds is 2. The molecule has 0 bridgehead atoms. The summed E-state index contributed by atoms with van der Waals surface area (Å²) in [5.41, 5.74) is 0. The van der Waals surface area contributed by atoms with Gasteiger partial charge in [0.15, 0.2) is 0 Å². The van der Waals surface area contributed by atoms with Crippen LogP contribution in [0.25, 0.3) is 0 Å². The molecule has 0 aliphatic heterocycles. The molecule has 0 fully saturated rings. The molecule has 0 amide bonds. The molecule has 0 aromatic carbocycles. The summed E-state index contributed by atoms with van der Waals surface area (Å²) < 4.78 is 0.0972. The summed E-state index contributed by atoms with van der Waals surface area (Å²) in [6.45, 7) is 2.91. The molecule has 0 N–H and O–H groups in total. The Hall–Kier alpha value is 0.0283. The van der Waals surface area contributed by atoms with Crippen molar-refractivity contribution in [1.29, 1.82) is 0 Å². The van der Waals surface area contributed by atoms with Crippen molar-refractivity contribution in [1.82, 2.24) is 0 Å². The Morgan fingerprint density at radius 2 is 1.43 bits per heavy atom. The van der Waals surface area contributed by atoms with Gasteiger partial charge in [-0.2, -0.15) is 0 Å². The summed E-state index contributed by atoms with van der Waals surface area (Å²) in [6.07, 6.45) is 0. The summed E-state index contributed by atoms with van der Waals surface area (Å²) in [7, 11) is 0. The van der Waals surface area contributed by atoms with Crippen LogP contribution in [0.1, 0.15) is 13.8 Å². The number of carbonyl (C=O) groups excluding carboxylic acids is 2. The molecule has 0 unspecified atom stereocenters. The van der Waals surface area contributed by atoms with Crippen molar-refractivity contribution in [3.63, 3.8) is 0 Å². The van der Waals surface area contributed by atoms with Gasteiger partial charge in [0.1, 0.15) is 0 Å². The minimum absolute atomic E-state index is 0.0486. The molecular weight excluding hydrogens is 275 g/mol. The van der Waals surface area contributed by atoms with Gasteiger partial charge < -0.3 is 0 Å². The first kappa shape index (κ1) is 7.03. The fourth-order valence-corrected chi connectivity index (χ4v) is 1.28. The van der Waals surface area contributed by atoms with Crippen molar-refractivity contribution in [2.75, 3.05) is 0 Å². The predicted molar refractivity (Wildman–Crippen MR) is 21.4 cm³/mol. The Morgan fingerprint density at radius 3 is 1.43 bits per heavy atom. The van der Waals surface area contributed by atoms with Crippen LogP contribution in [-0.4, -0.2) is 8.35 Å². The van der Waals surface area contributed by atoms with E-state index in [-0.39, 0.29) is 8.35 Å². The molecule has 2 nitrogen and oxygen atoms in total. The van der Waals surface area contributed by atoms with Crippen molar-refractivity contribution >= 4 is 8.35 Å². The van der Waals surface area contributed by atoms with Gasteiger partial charge in [-0.1, -0.05) is 0 Å². The Bertz CT molecular complexity index is 85.9. The average molecular weight is 281 g/mol. The molecule has 44 valence electrons. The fourth-order valence-electron chi connectivity index (χ4n) is 0.157. The monoisotopic (exact) mass is 281 g/mol. The maximum atomic E-state index is 10.1. The van der Waals surface area contributed by atoms with Gasteiger partial charge in [-0.25, -0.2) is 0 Å². The summed E-state index contributed by atoms with van der Waals surface area (Å²) in [6, 6.07) is 0. The average Bonchev–Trinajstić information content (AvgIpc) is 1.27. The van der Waals surface area contributed by atoms with Crippen LogP contribution in [0.4, 0.5) is 0 Å². The van der Waals surface area contributed by atoms with Gasteiger partial charge in [-0.15, -0.1) is 0 Å². The number of hydrogen-bond donors (Lipinski definition) is 0. The summed E-state index contributed by atoms with van der Waals surface area (Å²) in [4.78, 5) is 20.2. The summed E-state index contributed by atoms with van der Waals surface area (Å²) in [5.74, 6) is 0. The quantitative estimate of drug-likeness (QED) is 0.722. The van der Waals surface area contributed by atoms with Crippen molar-refractivity contribution < 1.29 is 28.2 Å². The van der Waals surface area contributed by atoms with Crippen molar-refractivity contribution in [3.05, 3.63) is 0 Å². The molecule has 0 aromatic rings. The molecule has 0 aromatic heterocycles. The Morgan fingerprint density at radius 1 is 1.14 bits per heavy atom. The van der Waals surface area contributed by atoms with Crippen molar-refractivity contribution in [2.45, 2.75) is 13.8 Å². The Labute approximate surface area is 50.8 Å².